The molecule has 0 bridgehead atoms. The quantitative estimate of drug-likeness (QED) is 0.495. The van der Waals surface area contributed by atoms with Gasteiger partial charge in [-0.3, -0.25) is 9.59 Å². The minimum atomic E-state index is -0.240. The van der Waals surface area contributed by atoms with E-state index in [1.165, 1.54) is 17.4 Å². The Kier molecular flexibility index (Phi) is 6.24. The van der Waals surface area contributed by atoms with Gasteiger partial charge in [-0.1, -0.05) is 24.8 Å². The first kappa shape index (κ1) is 19.4. The summed E-state index contributed by atoms with van der Waals surface area (Å²) in [6, 6.07) is 14.2. The molecule has 142 valence electrons. The van der Waals surface area contributed by atoms with Crippen molar-refractivity contribution >= 4 is 29.3 Å². The van der Waals surface area contributed by atoms with Crippen molar-refractivity contribution in [2.45, 2.75) is 0 Å². The molecular weight excluding hydrogens is 374 g/mol. The van der Waals surface area contributed by atoms with E-state index in [1.54, 1.807) is 43.5 Å². The van der Waals surface area contributed by atoms with Crippen LogP contribution in [0.25, 0.3) is 12.2 Å². The van der Waals surface area contributed by atoms with Crippen molar-refractivity contribution in [1.82, 2.24) is 4.98 Å². The Morgan fingerprint density at radius 2 is 1.96 bits per heavy atom. The van der Waals surface area contributed by atoms with E-state index >= 15 is 0 Å². The molecule has 0 aliphatic carbocycles. The molecular formula is C22H19NO4S. The van der Waals surface area contributed by atoms with Gasteiger partial charge >= 0.3 is 0 Å². The summed E-state index contributed by atoms with van der Waals surface area (Å²) in [7, 11) is 1.57. The van der Waals surface area contributed by atoms with Crippen LogP contribution in [0.4, 0.5) is 0 Å². The van der Waals surface area contributed by atoms with Gasteiger partial charge in [0.05, 0.1) is 16.3 Å². The number of benzene rings is 2. The molecule has 0 amide bonds. The standard InChI is InChI=1S/C22H19NO4S/c1-3-11-27-18-6-4-5-15(12-18)13-20-22(25)23-21(28-20)14-19(24)16-7-9-17(26-2)10-8-16/h3-10,12-14H,1,11H2,2H3,(H,23,25)/b20-13+,21-14+. The third kappa shape index (κ3) is 4.86. The first-order valence-electron chi connectivity index (χ1n) is 8.54. The fourth-order valence-electron chi connectivity index (χ4n) is 2.48. The molecule has 0 saturated heterocycles. The van der Waals surface area contributed by atoms with E-state index in [1.807, 2.05) is 24.3 Å². The number of thiazole rings is 1. The molecule has 0 unspecified atom stereocenters. The van der Waals surface area contributed by atoms with Gasteiger partial charge in [0.2, 0.25) is 0 Å². The Morgan fingerprint density at radius 1 is 1.18 bits per heavy atom. The average molecular weight is 393 g/mol. The highest BCUT2D eigenvalue weighted by molar-refractivity contribution is 7.07. The zero-order chi connectivity index (χ0) is 19.9. The van der Waals surface area contributed by atoms with Crippen molar-refractivity contribution in [2.24, 2.45) is 0 Å². The highest BCUT2D eigenvalue weighted by atomic mass is 32.1. The largest absolute Gasteiger partial charge is 0.497 e. The maximum absolute atomic E-state index is 12.4. The molecule has 0 aliphatic rings. The van der Waals surface area contributed by atoms with Crippen LogP contribution in [0.5, 0.6) is 11.5 Å². The summed E-state index contributed by atoms with van der Waals surface area (Å²) < 4.78 is 11.6. The van der Waals surface area contributed by atoms with E-state index in [2.05, 4.69) is 11.6 Å². The number of carbonyl (C=O) groups excluding carboxylic acids is 1. The van der Waals surface area contributed by atoms with Crippen molar-refractivity contribution in [2.75, 3.05) is 13.7 Å². The summed E-state index contributed by atoms with van der Waals surface area (Å²) >= 11 is 1.23. The van der Waals surface area contributed by atoms with Crippen molar-refractivity contribution in [3.8, 4) is 11.5 Å². The number of aromatic nitrogens is 1. The molecule has 6 heteroatoms. The molecule has 1 heterocycles. The molecule has 0 atom stereocenters. The van der Waals surface area contributed by atoms with Crippen LogP contribution >= 0.6 is 11.3 Å². The lowest BCUT2D eigenvalue weighted by molar-refractivity contribution is 0.106. The smallest absolute Gasteiger partial charge is 0.266 e. The molecule has 28 heavy (non-hydrogen) atoms. The van der Waals surface area contributed by atoms with Crippen LogP contribution in [-0.2, 0) is 0 Å². The number of hydrogen-bond donors (Lipinski definition) is 1. The van der Waals surface area contributed by atoms with Crippen molar-refractivity contribution in [3.05, 3.63) is 91.9 Å². The monoisotopic (exact) mass is 393 g/mol. The number of ether oxygens (including phenoxy) is 2. The number of methoxy groups -OCH3 is 1. The molecule has 3 rings (SSSR count). The summed E-state index contributed by atoms with van der Waals surface area (Å²) in [5.41, 5.74) is 1.12. The average Bonchev–Trinajstić information content (AvgIpc) is 3.05. The van der Waals surface area contributed by atoms with Gasteiger partial charge in [0.1, 0.15) is 18.1 Å². The maximum Gasteiger partial charge on any atom is 0.266 e. The van der Waals surface area contributed by atoms with E-state index in [0.717, 1.165) is 5.56 Å². The molecule has 1 aromatic heterocycles. The molecule has 0 radical (unpaired) electrons. The highest BCUT2D eigenvalue weighted by Crippen LogP contribution is 2.14. The Labute approximate surface area is 165 Å². The Bertz CT molecular complexity index is 1160. The van der Waals surface area contributed by atoms with Gasteiger partial charge in [-0.05, 0) is 48.0 Å². The molecule has 3 aromatic rings. The van der Waals surface area contributed by atoms with E-state index in [4.69, 9.17) is 9.47 Å². The van der Waals surface area contributed by atoms with E-state index in [-0.39, 0.29) is 11.3 Å². The second-order valence-electron chi connectivity index (χ2n) is 5.84. The molecule has 5 nitrogen and oxygen atoms in total. The van der Waals surface area contributed by atoms with E-state index in [9.17, 15) is 9.59 Å². The summed E-state index contributed by atoms with van der Waals surface area (Å²) in [5.74, 6) is 1.19. The molecule has 0 fully saturated rings. The summed E-state index contributed by atoms with van der Waals surface area (Å²) in [6.07, 6.45) is 4.86. The predicted octanol–water partition coefficient (Wildman–Crippen LogP) is 2.50. The van der Waals surface area contributed by atoms with Gasteiger partial charge < -0.3 is 14.5 Å². The predicted molar refractivity (Wildman–Crippen MR) is 112 cm³/mol. The number of rotatable bonds is 7. The zero-order valence-electron chi connectivity index (χ0n) is 15.3. The Balaban J connectivity index is 1.89. The van der Waals surface area contributed by atoms with E-state index in [0.29, 0.717) is 32.9 Å². The minimum Gasteiger partial charge on any atom is -0.497 e. The molecule has 2 aromatic carbocycles. The lowest BCUT2D eigenvalue weighted by atomic mass is 10.1. The van der Waals surface area contributed by atoms with Gasteiger partial charge in [0.15, 0.2) is 5.78 Å². The van der Waals surface area contributed by atoms with Crippen LogP contribution in [-0.4, -0.2) is 24.5 Å². The van der Waals surface area contributed by atoms with Crippen molar-refractivity contribution in [3.63, 3.8) is 0 Å². The Hall–Kier alpha value is -3.38. The van der Waals surface area contributed by atoms with Gasteiger partial charge in [-0.15, -0.1) is 11.3 Å². The summed E-state index contributed by atoms with van der Waals surface area (Å²) in [5, 5.41) is 0. The number of carbonyl (C=O) groups is 1. The SMILES string of the molecule is C=CCOc1cccc(/C=c2/s/c(=C/C(=O)c3ccc(OC)cc3)[nH]c2=O)c1. The molecule has 0 spiro atoms. The number of Topliss-reactive ketones (excluding diaryl/α,β-unsaturated/α-hetero) is 1. The van der Waals surface area contributed by atoms with E-state index < -0.39 is 0 Å². The van der Waals surface area contributed by atoms with Crippen molar-refractivity contribution in [1.29, 1.82) is 0 Å². The van der Waals surface area contributed by atoms with Crippen LogP contribution in [0.2, 0.25) is 0 Å². The Morgan fingerprint density at radius 3 is 2.68 bits per heavy atom. The highest BCUT2D eigenvalue weighted by Gasteiger charge is 2.04. The normalized spacial score (nSPS) is 12.0. The molecule has 0 saturated carbocycles. The fraction of sp³-hybridized carbons (Fsp3) is 0.0909. The lowest BCUT2D eigenvalue weighted by Crippen LogP contribution is -2.20. The first-order chi connectivity index (χ1) is 13.6. The number of ketones is 1. The maximum atomic E-state index is 12.4. The minimum absolute atomic E-state index is 0.188. The van der Waals surface area contributed by atoms with Gasteiger partial charge in [0, 0.05) is 11.6 Å². The summed E-state index contributed by atoms with van der Waals surface area (Å²) in [6.45, 7) is 4.03. The molecule has 1 N–H and O–H groups in total. The third-order valence-electron chi connectivity index (χ3n) is 3.84. The number of hydrogen-bond acceptors (Lipinski definition) is 5. The van der Waals surface area contributed by atoms with Crippen LogP contribution in [0.3, 0.4) is 0 Å². The molecule has 0 aliphatic heterocycles. The van der Waals surface area contributed by atoms with Crippen LogP contribution in [0.15, 0.2) is 66.0 Å². The van der Waals surface area contributed by atoms with Crippen LogP contribution in [0.1, 0.15) is 15.9 Å². The number of aromatic amines is 1. The van der Waals surface area contributed by atoms with Crippen molar-refractivity contribution < 1.29 is 14.3 Å². The van der Waals surface area contributed by atoms with Crippen LogP contribution in [0, 0.1) is 0 Å². The number of nitrogens with one attached hydrogen (secondary N) is 1. The van der Waals surface area contributed by atoms with Crippen LogP contribution < -0.4 is 24.2 Å². The van der Waals surface area contributed by atoms with Gasteiger partial charge in [-0.2, -0.15) is 0 Å². The summed E-state index contributed by atoms with van der Waals surface area (Å²) in [4.78, 5) is 27.3. The second kappa shape index (κ2) is 9.01. The first-order valence-corrected chi connectivity index (χ1v) is 9.35. The second-order valence-corrected chi connectivity index (χ2v) is 6.92. The topological polar surface area (TPSA) is 68.4 Å². The number of H-pyrrole nitrogens is 1. The third-order valence-corrected chi connectivity index (χ3v) is 4.80. The fourth-order valence-corrected chi connectivity index (χ4v) is 3.37. The zero-order valence-corrected chi connectivity index (χ0v) is 16.1. The van der Waals surface area contributed by atoms with Gasteiger partial charge in [-0.25, -0.2) is 0 Å². The van der Waals surface area contributed by atoms with Gasteiger partial charge in [0.25, 0.3) is 5.56 Å². The lowest BCUT2D eigenvalue weighted by Gasteiger charge is -2.03.